The van der Waals surface area contributed by atoms with E-state index in [2.05, 4.69) is 4.74 Å². The molecule has 19 heavy (non-hydrogen) atoms. The molecule has 0 bridgehead atoms. The molecular weight excluding hydrogens is 292 g/mol. The van der Waals surface area contributed by atoms with E-state index in [9.17, 15) is 26.0 Å². The van der Waals surface area contributed by atoms with Crippen LogP contribution in [0.2, 0.25) is 0 Å². The fourth-order valence-electron chi connectivity index (χ4n) is 1.21. The molecule has 108 valence electrons. The molecule has 0 amide bonds. The molecule has 0 saturated heterocycles. The normalized spacial score (nSPS) is 12.6. The van der Waals surface area contributed by atoms with Gasteiger partial charge in [0, 0.05) is 0 Å². The monoisotopic (exact) mass is 302 g/mol. The lowest BCUT2D eigenvalue weighted by Crippen LogP contribution is -2.25. The highest BCUT2D eigenvalue weighted by Crippen LogP contribution is 2.34. The molecule has 0 aliphatic heterocycles. The van der Waals surface area contributed by atoms with Gasteiger partial charge in [0.1, 0.15) is 5.60 Å². The van der Waals surface area contributed by atoms with Crippen molar-refractivity contribution >= 4 is 10.1 Å². The van der Waals surface area contributed by atoms with E-state index in [1.165, 1.54) is 20.8 Å². The molecule has 9 heteroatoms. The fourth-order valence-corrected chi connectivity index (χ4v) is 1.85. The molecule has 0 aromatic heterocycles. The van der Waals surface area contributed by atoms with Gasteiger partial charge in [0.05, 0.1) is 0 Å². The van der Waals surface area contributed by atoms with Gasteiger partial charge in [0.2, 0.25) is 11.6 Å². The molecule has 0 spiro atoms. The number of hydrogen-bond acceptors (Lipinski definition) is 3. The summed E-state index contributed by atoms with van der Waals surface area (Å²) in [6.45, 7) is 4.08. The van der Waals surface area contributed by atoms with Crippen molar-refractivity contribution in [3.05, 3.63) is 23.3 Å². The van der Waals surface area contributed by atoms with Gasteiger partial charge in [-0.15, -0.1) is 0 Å². The Bertz CT molecular complexity index is 590. The van der Waals surface area contributed by atoms with Gasteiger partial charge >= 0.3 is 10.1 Å². The third-order valence-corrected chi connectivity index (χ3v) is 2.72. The lowest BCUT2D eigenvalue weighted by Gasteiger charge is -2.22. The van der Waals surface area contributed by atoms with Gasteiger partial charge in [-0.25, -0.2) is 8.78 Å². The minimum Gasteiger partial charge on any atom is -0.482 e. The first-order valence-electron chi connectivity index (χ1n) is 4.88. The molecule has 0 atom stereocenters. The highest BCUT2D eigenvalue weighted by molar-refractivity contribution is 7.85. The van der Waals surface area contributed by atoms with Crippen molar-refractivity contribution in [3.63, 3.8) is 0 Å². The number of benzene rings is 1. The van der Waals surface area contributed by atoms with E-state index in [4.69, 9.17) is 4.55 Å². The Kier molecular flexibility index (Phi) is 3.83. The number of halogens is 4. The molecule has 0 unspecified atom stereocenters. The van der Waals surface area contributed by atoms with Crippen LogP contribution in [0.5, 0.6) is 5.75 Å². The standard InChI is InChI=1S/C10H10F4O4S/c1-10(2,3)18-8-4(11)6(13)9(19(15,16)17)7(14)5(8)12/h1-3H3,(H,15,16,17). The average molecular weight is 302 g/mol. The molecular formula is C10H10F4O4S. The van der Waals surface area contributed by atoms with Crippen molar-refractivity contribution in [1.29, 1.82) is 0 Å². The van der Waals surface area contributed by atoms with E-state index in [0.29, 0.717) is 0 Å². The van der Waals surface area contributed by atoms with Crippen LogP contribution in [0.15, 0.2) is 4.90 Å². The summed E-state index contributed by atoms with van der Waals surface area (Å²) in [6.07, 6.45) is 0. The fraction of sp³-hybridized carbons (Fsp3) is 0.400. The van der Waals surface area contributed by atoms with Crippen LogP contribution in [0, 0.1) is 23.3 Å². The summed E-state index contributed by atoms with van der Waals surface area (Å²) in [4.78, 5) is -2.09. The first-order chi connectivity index (χ1) is 8.36. The zero-order valence-electron chi connectivity index (χ0n) is 10.1. The minimum atomic E-state index is -5.46. The van der Waals surface area contributed by atoms with Gasteiger partial charge in [-0.05, 0) is 20.8 Å². The third-order valence-electron chi connectivity index (χ3n) is 1.85. The highest BCUT2D eigenvalue weighted by Gasteiger charge is 2.34. The zero-order chi connectivity index (χ0) is 15.2. The second-order valence-electron chi connectivity index (χ2n) is 4.60. The molecule has 1 aromatic carbocycles. The Balaban J connectivity index is 3.67. The zero-order valence-corrected chi connectivity index (χ0v) is 10.9. The van der Waals surface area contributed by atoms with E-state index in [1.54, 1.807) is 0 Å². The SMILES string of the molecule is CC(C)(C)Oc1c(F)c(F)c(S(=O)(=O)O)c(F)c1F. The largest absolute Gasteiger partial charge is 0.482 e. The van der Waals surface area contributed by atoms with Crippen molar-refractivity contribution in [2.75, 3.05) is 0 Å². The van der Waals surface area contributed by atoms with E-state index >= 15 is 0 Å². The first-order valence-corrected chi connectivity index (χ1v) is 6.32. The lowest BCUT2D eigenvalue weighted by atomic mass is 10.2. The van der Waals surface area contributed by atoms with Crippen LogP contribution < -0.4 is 4.74 Å². The van der Waals surface area contributed by atoms with Crippen molar-refractivity contribution in [1.82, 2.24) is 0 Å². The van der Waals surface area contributed by atoms with Crippen molar-refractivity contribution in [2.45, 2.75) is 31.3 Å². The van der Waals surface area contributed by atoms with Crippen molar-refractivity contribution < 1.29 is 35.3 Å². The molecule has 0 aliphatic carbocycles. The van der Waals surface area contributed by atoms with E-state index in [-0.39, 0.29) is 0 Å². The summed E-state index contributed by atoms with van der Waals surface area (Å²) in [5.41, 5.74) is -1.18. The summed E-state index contributed by atoms with van der Waals surface area (Å²) in [7, 11) is -5.46. The number of rotatable bonds is 2. The molecule has 0 heterocycles. The summed E-state index contributed by atoms with van der Waals surface area (Å²) < 4.78 is 88.3. The van der Waals surface area contributed by atoms with E-state index in [1.807, 2.05) is 0 Å². The van der Waals surface area contributed by atoms with Crippen LogP contribution in [0.4, 0.5) is 17.6 Å². The maximum Gasteiger partial charge on any atom is 0.300 e. The number of hydrogen-bond donors (Lipinski definition) is 1. The van der Waals surface area contributed by atoms with Crippen LogP contribution in [-0.4, -0.2) is 18.6 Å². The Morgan fingerprint density at radius 1 is 0.947 bits per heavy atom. The average Bonchev–Trinajstić information content (AvgIpc) is 2.18. The molecule has 0 radical (unpaired) electrons. The van der Waals surface area contributed by atoms with E-state index < -0.39 is 49.6 Å². The number of ether oxygens (including phenoxy) is 1. The Labute approximate surface area is 106 Å². The second kappa shape index (κ2) is 4.64. The summed E-state index contributed by atoms with van der Waals surface area (Å²) >= 11 is 0. The molecule has 1 rings (SSSR count). The molecule has 0 saturated carbocycles. The Hall–Kier alpha value is -1.35. The molecule has 1 N–H and O–H groups in total. The Morgan fingerprint density at radius 2 is 1.32 bits per heavy atom. The minimum absolute atomic E-state index is 1.18. The van der Waals surface area contributed by atoms with Crippen LogP contribution in [0.1, 0.15) is 20.8 Å². The smallest absolute Gasteiger partial charge is 0.300 e. The molecule has 4 nitrogen and oxygen atoms in total. The van der Waals surface area contributed by atoms with Crippen molar-refractivity contribution in [3.8, 4) is 5.75 Å². The Morgan fingerprint density at radius 3 is 1.58 bits per heavy atom. The van der Waals surface area contributed by atoms with Gasteiger partial charge in [-0.3, -0.25) is 4.55 Å². The van der Waals surface area contributed by atoms with E-state index in [0.717, 1.165) is 0 Å². The quantitative estimate of drug-likeness (QED) is 0.518. The van der Waals surface area contributed by atoms with Crippen molar-refractivity contribution in [2.24, 2.45) is 0 Å². The predicted molar refractivity (Wildman–Crippen MR) is 56.5 cm³/mol. The maximum atomic E-state index is 13.5. The summed E-state index contributed by atoms with van der Waals surface area (Å²) in [6, 6.07) is 0. The van der Waals surface area contributed by atoms with Crippen LogP contribution in [-0.2, 0) is 10.1 Å². The van der Waals surface area contributed by atoms with Crippen LogP contribution in [0.3, 0.4) is 0 Å². The summed E-state index contributed by atoms with van der Waals surface area (Å²) in [5.74, 6) is -9.97. The molecule has 1 aromatic rings. The first kappa shape index (κ1) is 15.7. The maximum absolute atomic E-state index is 13.5. The van der Waals surface area contributed by atoms with Gasteiger partial charge in [0.25, 0.3) is 0 Å². The van der Waals surface area contributed by atoms with Gasteiger partial charge < -0.3 is 4.74 Å². The highest BCUT2D eigenvalue weighted by atomic mass is 32.2. The topological polar surface area (TPSA) is 63.6 Å². The van der Waals surface area contributed by atoms with Crippen LogP contribution in [0.25, 0.3) is 0 Å². The second-order valence-corrected chi connectivity index (χ2v) is 5.96. The molecule has 0 aliphatic rings. The van der Waals surface area contributed by atoms with Gasteiger partial charge in [-0.2, -0.15) is 17.2 Å². The molecule has 0 fully saturated rings. The van der Waals surface area contributed by atoms with Gasteiger partial charge in [0.15, 0.2) is 22.3 Å². The van der Waals surface area contributed by atoms with Gasteiger partial charge in [-0.1, -0.05) is 0 Å². The van der Waals surface area contributed by atoms with Crippen LogP contribution >= 0.6 is 0 Å². The third kappa shape index (κ3) is 3.16. The lowest BCUT2D eigenvalue weighted by molar-refractivity contribution is 0.113. The summed E-state index contributed by atoms with van der Waals surface area (Å²) in [5, 5.41) is 0. The predicted octanol–water partition coefficient (Wildman–Crippen LogP) is 2.67.